The molecule has 3 N–H and O–H groups in total. The average molecular weight is 397 g/mol. The molecule has 0 aromatic heterocycles. The Morgan fingerprint density at radius 3 is 2.33 bits per heavy atom. The van der Waals surface area contributed by atoms with Crippen LogP contribution in [-0.2, 0) is 0 Å². The second-order valence-electron chi connectivity index (χ2n) is 6.11. The molecule has 1 amide bonds. The summed E-state index contributed by atoms with van der Waals surface area (Å²) < 4.78 is 67.3. The molecule has 150 valence electrons. The van der Waals surface area contributed by atoms with Crippen molar-refractivity contribution in [1.82, 2.24) is 5.32 Å². The van der Waals surface area contributed by atoms with E-state index >= 15 is 0 Å². The minimum Gasteiger partial charge on any atom is -0.434 e. The lowest BCUT2D eigenvalue weighted by Gasteiger charge is -2.30. The lowest BCUT2D eigenvalue weighted by atomic mass is 9.85. The van der Waals surface area contributed by atoms with Crippen molar-refractivity contribution in [2.24, 2.45) is 5.92 Å². The first-order valence-corrected chi connectivity index (χ1v) is 7.89. The monoisotopic (exact) mass is 397 g/mol. The van der Waals surface area contributed by atoms with Crippen LogP contribution in [0.1, 0.15) is 36.0 Å². The van der Waals surface area contributed by atoms with Crippen LogP contribution in [0.15, 0.2) is 12.1 Å². The molecular formula is C15H16F5N3O4. The van der Waals surface area contributed by atoms with Crippen LogP contribution in [0.5, 0.6) is 5.75 Å². The van der Waals surface area contributed by atoms with E-state index in [1.165, 1.54) is 0 Å². The normalized spacial score (nSPS) is 20.4. The Morgan fingerprint density at radius 2 is 1.85 bits per heavy atom. The van der Waals surface area contributed by atoms with Crippen LogP contribution in [0, 0.1) is 16.0 Å². The zero-order valence-electron chi connectivity index (χ0n) is 13.8. The van der Waals surface area contributed by atoms with E-state index in [9.17, 15) is 36.9 Å². The van der Waals surface area contributed by atoms with E-state index in [0.29, 0.717) is 6.07 Å². The third-order valence-electron chi connectivity index (χ3n) is 4.31. The smallest absolute Gasteiger partial charge is 0.391 e. The number of benzene rings is 1. The minimum absolute atomic E-state index is 0.0589. The summed E-state index contributed by atoms with van der Waals surface area (Å²) in [6.07, 6.45) is -4.53. The van der Waals surface area contributed by atoms with E-state index in [0.717, 1.165) is 6.07 Å². The number of carbonyl (C=O) groups excluding carboxylic acids is 1. The molecule has 0 aliphatic heterocycles. The molecule has 1 fully saturated rings. The fraction of sp³-hybridized carbons (Fsp3) is 0.533. The number of nitrogen functional groups attached to an aromatic ring is 1. The predicted molar refractivity (Wildman–Crippen MR) is 83.4 cm³/mol. The molecule has 1 aromatic carbocycles. The molecule has 0 bridgehead atoms. The molecule has 1 aliphatic carbocycles. The highest BCUT2D eigenvalue weighted by Gasteiger charge is 2.41. The Bertz CT molecular complexity index is 718. The summed E-state index contributed by atoms with van der Waals surface area (Å²) in [4.78, 5) is 22.3. The van der Waals surface area contributed by atoms with Gasteiger partial charge in [0.05, 0.1) is 22.5 Å². The number of hydrogen-bond donors (Lipinski definition) is 2. The van der Waals surface area contributed by atoms with Gasteiger partial charge in [0.2, 0.25) is 0 Å². The molecule has 2 rings (SSSR count). The largest absolute Gasteiger partial charge is 0.434 e. The van der Waals surface area contributed by atoms with Crippen LogP contribution in [0.4, 0.5) is 33.3 Å². The topological polar surface area (TPSA) is 107 Å². The quantitative estimate of drug-likeness (QED) is 0.341. The van der Waals surface area contributed by atoms with Gasteiger partial charge < -0.3 is 15.8 Å². The number of nitrogens with one attached hydrogen (secondary N) is 1. The number of nitro groups is 1. The number of alkyl halides is 5. The molecule has 1 aliphatic rings. The summed E-state index contributed by atoms with van der Waals surface area (Å²) in [5.74, 6) is -3.10. The van der Waals surface area contributed by atoms with Crippen LogP contribution >= 0.6 is 0 Å². The number of amides is 1. The van der Waals surface area contributed by atoms with Crippen LogP contribution in [0.2, 0.25) is 0 Å². The van der Waals surface area contributed by atoms with Crippen molar-refractivity contribution < 1.29 is 36.4 Å². The minimum atomic E-state index is -4.31. The second-order valence-corrected chi connectivity index (χ2v) is 6.11. The molecule has 0 heterocycles. The second kappa shape index (κ2) is 7.92. The van der Waals surface area contributed by atoms with Crippen molar-refractivity contribution in [1.29, 1.82) is 0 Å². The van der Waals surface area contributed by atoms with Gasteiger partial charge >= 0.3 is 12.8 Å². The SMILES string of the molecule is Nc1cc(C(=O)N[C@H]2CC[C@H](C(F)(F)F)CC2)c(OC(F)F)cc1[N+](=O)[O-]. The van der Waals surface area contributed by atoms with Gasteiger partial charge in [-0.25, -0.2) is 0 Å². The summed E-state index contributed by atoms with van der Waals surface area (Å²) in [7, 11) is 0. The maximum Gasteiger partial charge on any atom is 0.391 e. The van der Waals surface area contributed by atoms with Crippen LogP contribution in [0.25, 0.3) is 0 Å². The highest BCUT2D eigenvalue weighted by molar-refractivity contribution is 5.99. The number of rotatable bonds is 5. The van der Waals surface area contributed by atoms with E-state index in [4.69, 9.17) is 5.73 Å². The van der Waals surface area contributed by atoms with Crippen LogP contribution in [0.3, 0.4) is 0 Å². The Kier molecular flexibility index (Phi) is 6.06. The molecule has 1 aromatic rings. The van der Waals surface area contributed by atoms with Gasteiger partial charge in [0.15, 0.2) is 0 Å². The van der Waals surface area contributed by atoms with Gasteiger partial charge in [-0.2, -0.15) is 22.0 Å². The van der Waals surface area contributed by atoms with Gasteiger partial charge in [-0.15, -0.1) is 0 Å². The molecule has 0 unspecified atom stereocenters. The third-order valence-corrected chi connectivity index (χ3v) is 4.31. The Balaban J connectivity index is 2.16. The molecule has 0 radical (unpaired) electrons. The van der Waals surface area contributed by atoms with E-state index in [2.05, 4.69) is 10.1 Å². The third kappa shape index (κ3) is 5.17. The molecule has 0 saturated heterocycles. The number of carbonyl (C=O) groups is 1. The number of hydrogen-bond acceptors (Lipinski definition) is 5. The summed E-state index contributed by atoms with van der Waals surface area (Å²) in [6, 6.07) is 0.843. The van der Waals surface area contributed by atoms with Crippen LogP contribution in [-0.4, -0.2) is 29.7 Å². The highest BCUT2D eigenvalue weighted by Crippen LogP contribution is 2.38. The van der Waals surface area contributed by atoms with Gasteiger partial charge in [0.25, 0.3) is 11.6 Å². The van der Waals surface area contributed by atoms with Crippen LogP contribution < -0.4 is 15.8 Å². The molecule has 27 heavy (non-hydrogen) atoms. The number of anilines is 1. The number of halogens is 5. The summed E-state index contributed by atoms with van der Waals surface area (Å²) in [6.45, 7) is -3.35. The van der Waals surface area contributed by atoms with Crippen molar-refractivity contribution in [2.45, 2.75) is 44.5 Å². The van der Waals surface area contributed by atoms with Gasteiger partial charge in [-0.3, -0.25) is 14.9 Å². The number of nitro benzene ring substituents is 1. The molecule has 12 heteroatoms. The standard InChI is InChI=1S/C15H16F5N3O4/c16-14(17)27-12-6-11(23(25)26)10(21)5-9(12)13(24)22-8-3-1-7(2-4-8)15(18,19)20/h5-8,14H,1-4,21H2,(H,22,24)/t7-,8-. The van der Waals surface area contributed by atoms with Gasteiger partial charge in [-0.05, 0) is 31.7 Å². The highest BCUT2D eigenvalue weighted by atomic mass is 19.4. The summed E-state index contributed by atoms with van der Waals surface area (Å²) in [5, 5.41) is 13.3. The lowest BCUT2D eigenvalue weighted by Crippen LogP contribution is -2.40. The van der Waals surface area contributed by atoms with Gasteiger partial charge in [0, 0.05) is 6.04 Å². The van der Waals surface area contributed by atoms with E-state index in [1.807, 2.05) is 0 Å². The van der Waals surface area contributed by atoms with Crippen molar-refractivity contribution in [3.05, 3.63) is 27.8 Å². The van der Waals surface area contributed by atoms with Crippen molar-refractivity contribution in [3.8, 4) is 5.75 Å². The lowest BCUT2D eigenvalue weighted by molar-refractivity contribution is -0.384. The van der Waals surface area contributed by atoms with Crippen molar-refractivity contribution in [2.75, 3.05) is 5.73 Å². The van der Waals surface area contributed by atoms with E-state index < -0.39 is 58.3 Å². The summed E-state index contributed by atoms with van der Waals surface area (Å²) >= 11 is 0. The maximum atomic E-state index is 12.7. The number of nitrogens with zero attached hydrogens (tertiary/aromatic N) is 1. The van der Waals surface area contributed by atoms with E-state index in [-0.39, 0.29) is 25.7 Å². The average Bonchev–Trinajstić information content (AvgIpc) is 2.55. The first kappa shape index (κ1) is 20.6. The zero-order chi connectivity index (χ0) is 20.4. The molecular weight excluding hydrogens is 381 g/mol. The van der Waals surface area contributed by atoms with Crippen molar-refractivity contribution >= 4 is 17.3 Å². The van der Waals surface area contributed by atoms with Crippen molar-refractivity contribution in [3.63, 3.8) is 0 Å². The number of nitrogens with two attached hydrogens (primary N) is 1. The first-order valence-electron chi connectivity index (χ1n) is 7.89. The Labute approximate surface area is 149 Å². The summed E-state index contributed by atoms with van der Waals surface area (Å²) in [5.41, 5.74) is 3.86. The fourth-order valence-electron chi connectivity index (χ4n) is 2.94. The molecule has 0 spiro atoms. The fourth-order valence-corrected chi connectivity index (χ4v) is 2.94. The Hall–Kier alpha value is -2.66. The zero-order valence-corrected chi connectivity index (χ0v) is 13.8. The number of ether oxygens (including phenoxy) is 1. The van der Waals surface area contributed by atoms with Gasteiger partial charge in [0.1, 0.15) is 11.4 Å². The van der Waals surface area contributed by atoms with Gasteiger partial charge in [-0.1, -0.05) is 0 Å². The Morgan fingerprint density at radius 1 is 1.26 bits per heavy atom. The molecule has 7 nitrogen and oxygen atoms in total. The predicted octanol–water partition coefficient (Wildman–Crippen LogP) is 3.63. The van der Waals surface area contributed by atoms with E-state index in [1.54, 1.807) is 0 Å². The first-order chi connectivity index (χ1) is 12.5. The maximum absolute atomic E-state index is 12.7. The molecule has 0 atom stereocenters. The molecule has 1 saturated carbocycles.